The van der Waals surface area contributed by atoms with Gasteiger partial charge >= 0.3 is 6.18 Å². The maximum Gasteiger partial charge on any atom is 0.416 e. The summed E-state index contributed by atoms with van der Waals surface area (Å²) in [6.45, 7) is 1.76. The van der Waals surface area contributed by atoms with Crippen LogP contribution in [0, 0.1) is 11.3 Å². The fraction of sp³-hybridized carbons (Fsp3) is 0.600. The van der Waals surface area contributed by atoms with Crippen LogP contribution >= 0.6 is 0 Å². The predicted octanol–water partition coefficient (Wildman–Crippen LogP) is 5.38. The topological polar surface area (TPSA) is 40.2 Å². The number of hydrogen-bond donors (Lipinski definition) is 0. The molecule has 0 amide bonds. The van der Waals surface area contributed by atoms with Gasteiger partial charge in [-0.1, -0.05) is 18.2 Å². The summed E-state index contributed by atoms with van der Waals surface area (Å²) in [7, 11) is 5.77. The second-order valence-corrected chi connectivity index (χ2v) is 12.0. The number of likely N-dealkylation sites (N-methyl/N-ethyl adjacent to an activating group) is 1. The fourth-order valence-electron chi connectivity index (χ4n) is 9.28. The summed E-state index contributed by atoms with van der Waals surface area (Å²) < 4.78 is 64.4. The van der Waals surface area contributed by atoms with E-state index in [1.165, 1.54) is 23.3 Å². The molecule has 1 saturated heterocycles. The number of ether oxygens (including phenoxy) is 4. The van der Waals surface area contributed by atoms with Crippen LogP contribution in [-0.2, 0) is 34.1 Å². The highest BCUT2D eigenvalue weighted by atomic mass is 19.4. The summed E-state index contributed by atoms with van der Waals surface area (Å²) in [5.74, 6) is 1.81. The van der Waals surface area contributed by atoms with Crippen molar-refractivity contribution in [1.29, 1.82) is 0 Å². The van der Waals surface area contributed by atoms with Crippen molar-refractivity contribution in [2.75, 3.05) is 34.4 Å². The zero-order valence-electron chi connectivity index (χ0n) is 22.1. The first-order valence-corrected chi connectivity index (χ1v) is 13.6. The van der Waals surface area contributed by atoms with Gasteiger partial charge in [-0.3, -0.25) is 0 Å². The monoisotopic (exact) mass is 529 g/mol. The number of likely N-dealkylation sites (tertiary alicyclic amines) is 1. The van der Waals surface area contributed by atoms with E-state index in [1.807, 2.05) is 6.07 Å². The normalized spacial score (nSPS) is 36.6. The van der Waals surface area contributed by atoms with Gasteiger partial charge in [0.15, 0.2) is 11.5 Å². The molecule has 2 spiro atoms. The largest absolute Gasteiger partial charge is 0.493 e. The van der Waals surface area contributed by atoms with Crippen LogP contribution in [0.5, 0.6) is 11.5 Å². The Balaban J connectivity index is 1.23. The maximum absolute atomic E-state index is 13.0. The van der Waals surface area contributed by atoms with Crippen LogP contribution in [0.15, 0.2) is 36.4 Å². The molecule has 4 bridgehead atoms. The molecule has 8 rings (SSSR count). The number of methoxy groups -OCH3 is 2. The molecule has 6 atom stereocenters. The average Bonchev–Trinajstić information content (AvgIpc) is 3.28. The van der Waals surface area contributed by atoms with Crippen molar-refractivity contribution in [2.24, 2.45) is 11.3 Å². The van der Waals surface area contributed by atoms with Crippen LogP contribution in [0.25, 0.3) is 0 Å². The van der Waals surface area contributed by atoms with E-state index in [2.05, 4.69) is 18.0 Å². The lowest BCUT2D eigenvalue weighted by Crippen LogP contribution is -2.81. The van der Waals surface area contributed by atoms with E-state index in [9.17, 15) is 13.2 Å². The summed E-state index contributed by atoms with van der Waals surface area (Å²) >= 11 is 0. The Morgan fingerprint density at radius 1 is 1.05 bits per heavy atom. The Morgan fingerprint density at radius 2 is 1.84 bits per heavy atom. The number of hydrogen-bond acceptors (Lipinski definition) is 5. The Labute approximate surface area is 221 Å². The van der Waals surface area contributed by atoms with Crippen molar-refractivity contribution in [3.05, 3.63) is 58.7 Å². The number of fused-ring (bicyclic) bond motifs is 2. The van der Waals surface area contributed by atoms with Gasteiger partial charge in [0.25, 0.3) is 0 Å². The van der Waals surface area contributed by atoms with Gasteiger partial charge < -0.3 is 23.8 Å². The third-order valence-corrected chi connectivity index (χ3v) is 10.8. The van der Waals surface area contributed by atoms with E-state index in [-0.39, 0.29) is 29.5 Å². The van der Waals surface area contributed by atoms with Crippen molar-refractivity contribution in [1.82, 2.24) is 4.90 Å². The van der Waals surface area contributed by atoms with Crippen molar-refractivity contribution in [2.45, 2.75) is 68.0 Å². The van der Waals surface area contributed by atoms with Crippen LogP contribution in [0.3, 0.4) is 0 Å². The molecule has 0 radical (unpaired) electrons. The Morgan fingerprint density at radius 3 is 2.55 bits per heavy atom. The predicted molar refractivity (Wildman–Crippen MR) is 134 cm³/mol. The second-order valence-electron chi connectivity index (χ2n) is 12.0. The summed E-state index contributed by atoms with van der Waals surface area (Å²) in [4.78, 5) is 2.55. The smallest absolute Gasteiger partial charge is 0.416 e. The first-order valence-electron chi connectivity index (χ1n) is 13.6. The standard InChI is InChI=1S/C30H34F3NO4/c1-34-13-12-28-24-19-6-9-22(35-2)25(24)38-26(28)29(36-3)11-10-27(28,23(34)14-19)15-21(29)17-37-16-18-4-7-20(8-5-18)30(31,32)33/h4-9,21,23,26H,10-17H2,1-3H3/t21-,23-,26-,27-,28+,29-/m1/s1. The minimum absolute atomic E-state index is 0.0535. The third-order valence-electron chi connectivity index (χ3n) is 10.8. The quantitative estimate of drug-likeness (QED) is 0.503. The summed E-state index contributed by atoms with van der Waals surface area (Å²) in [6, 6.07) is 9.93. The second kappa shape index (κ2) is 8.12. The first-order chi connectivity index (χ1) is 18.2. The van der Waals surface area contributed by atoms with Gasteiger partial charge in [-0.05, 0) is 75.0 Å². The van der Waals surface area contributed by atoms with Gasteiger partial charge in [0, 0.05) is 35.5 Å². The highest BCUT2D eigenvalue weighted by Crippen LogP contribution is 2.76. The number of benzene rings is 2. The number of rotatable bonds is 6. The Bertz CT molecular complexity index is 1270. The number of piperidine rings is 1. The molecule has 4 aliphatic carbocycles. The summed E-state index contributed by atoms with van der Waals surface area (Å²) in [5, 5.41) is 0. The van der Waals surface area contributed by atoms with E-state index >= 15 is 0 Å². The van der Waals surface area contributed by atoms with Crippen LogP contribution in [0.4, 0.5) is 13.2 Å². The molecule has 5 nitrogen and oxygen atoms in total. The van der Waals surface area contributed by atoms with Crippen molar-refractivity contribution >= 4 is 0 Å². The molecule has 2 heterocycles. The van der Waals surface area contributed by atoms with Crippen molar-refractivity contribution in [3.63, 3.8) is 0 Å². The molecule has 0 N–H and O–H groups in total. The van der Waals surface area contributed by atoms with Gasteiger partial charge in [0.1, 0.15) is 11.7 Å². The molecule has 3 saturated carbocycles. The Hall–Kier alpha value is -2.29. The molecular weight excluding hydrogens is 495 g/mol. The molecule has 2 aromatic carbocycles. The molecule has 204 valence electrons. The molecule has 0 aromatic heterocycles. The Kier molecular flexibility index (Phi) is 5.28. The van der Waals surface area contributed by atoms with E-state index in [1.54, 1.807) is 14.2 Å². The average molecular weight is 530 g/mol. The van der Waals surface area contributed by atoms with E-state index < -0.39 is 17.3 Å². The van der Waals surface area contributed by atoms with Crippen molar-refractivity contribution in [3.8, 4) is 11.5 Å². The minimum atomic E-state index is -4.34. The number of alkyl halides is 3. The van der Waals surface area contributed by atoms with E-state index in [0.717, 1.165) is 67.8 Å². The molecule has 2 aromatic rings. The van der Waals surface area contributed by atoms with Crippen LogP contribution in [0.1, 0.15) is 47.9 Å². The highest BCUT2D eigenvalue weighted by Gasteiger charge is 2.80. The molecule has 6 aliphatic rings. The third kappa shape index (κ3) is 2.94. The number of halogens is 3. The lowest BCUT2D eigenvalue weighted by Gasteiger charge is -2.73. The minimum Gasteiger partial charge on any atom is -0.493 e. The van der Waals surface area contributed by atoms with Gasteiger partial charge in [0.05, 0.1) is 25.9 Å². The van der Waals surface area contributed by atoms with Gasteiger partial charge in [-0.15, -0.1) is 0 Å². The molecule has 8 heteroatoms. The molecule has 38 heavy (non-hydrogen) atoms. The zero-order valence-corrected chi connectivity index (χ0v) is 22.1. The van der Waals surface area contributed by atoms with Gasteiger partial charge in [-0.25, -0.2) is 0 Å². The fourth-order valence-corrected chi connectivity index (χ4v) is 9.28. The lowest BCUT2D eigenvalue weighted by atomic mass is 9.35. The summed E-state index contributed by atoms with van der Waals surface area (Å²) in [5.41, 5.74) is 2.26. The summed E-state index contributed by atoms with van der Waals surface area (Å²) in [6.07, 6.45) is 0.541. The van der Waals surface area contributed by atoms with Crippen LogP contribution in [0.2, 0.25) is 0 Å². The molecular formula is C30H34F3NO4. The molecule has 0 unspecified atom stereocenters. The molecule has 2 aliphatic heterocycles. The van der Waals surface area contributed by atoms with E-state index in [4.69, 9.17) is 18.9 Å². The first kappa shape index (κ1) is 24.7. The maximum atomic E-state index is 13.0. The van der Waals surface area contributed by atoms with Gasteiger partial charge in [0.2, 0.25) is 0 Å². The van der Waals surface area contributed by atoms with Crippen LogP contribution in [-0.4, -0.2) is 57.1 Å². The van der Waals surface area contributed by atoms with Gasteiger partial charge in [-0.2, -0.15) is 13.2 Å². The zero-order chi connectivity index (χ0) is 26.5. The van der Waals surface area contributed by atoms with Crippen molar-refractivity contribution < 1.29 is 32.1 Å². The van der Waals surface area contributed by atoms with Crippen LogP contribution < -0.4 is 9.47 Å². The van der Waals surface area contributed by atoms with E-state index in [0.29, 0.717) is 12.6 Å². The lowest BCUT2D eigenvalue weighted by molar-refractivity contribution is -0.282. The highest BCUT2D eigenvalue weighted by molar-refractivity contribution is 5.63. The number of nitrogens with zero attached hydrogens (tertiary/aromatic N) is 1. The molecule has 4 fully saturated rings. The SMILES string of the molecule is COc1ccc2c3c1O[C@H]1[C@@]4(OC)CC[C@@]5(C[C@@H]4COCc4ccc(C(F)(F)F)cc4)[C@@H](C2)N(C)CC[C@]315.